The molecule has 0 radical (unpaired) electrons. The number of hydrogen-bond donors (Lipinski definition) is 1. The monoisotopic (exact) mass is 533 g/mol. The van der Waals surface area contributed by atoms with Crippen LogP contribution in [0.3, 0.4) is 0 Å². The Hall–Kier alpha value is -2.96. The Bertz CT molecular complexity index is 975. The Kier molecular flexibility index (Phi) is 18.2. The predicted octanol–water partition coefficient (Wildman–Crippen LogP) is 7.51. The predicted molar refractivity (Wildman–Crippen MR) is 142 cm³/mol. The Morgan fingerprint density at radius 3 is 2.17 bits per heavy atom. The van der Waals surface area contributed by atoms with Crippen molar-refractivity contribution in [1.82, 2.24) is 4.90 Å². The number of nitrogens with one attached hydrogen (secondary N) is 1. The fraction of sp³-hybridized carbons (Fsp3) is 0.462. The van der Waals surface area contributed by atoms with E-state index in [1.54, 1.807) is 12.1 Å². The summed E-state index contributed by atoms with van der Waals surface area (Å²) in [5, 5.41) is 11.7. The third kappa shape index (κ3) is 11.2. The first-order chi connectivity index (χ1) is 15.2. The topological polar surface area (TPSA) is 74.6 Å². The highest BCUT2D eigenvalue weighted by Crippen LogP contribution is 2.34. The lowest BCUT2D eigenvalue weighted by Gasteiger charge is -2.18. The summed E-state index contributed by atoms with van der Waals surface area (Å²) in [7, 11) is 0. The van der Waals surface area contributed by atoms with Gasteiger partial charge in [0.15, 0.2) is 6.61 Å². The molecule has 0 unspecified atom stereocenters. The van der Waals surface area contributed by atoms with E-state index in [0.717, 1.165) is 37.8 Å². The van der Waals surface area contributed by atoms with Gasteiger partial charge in [-0.15, -0.1) is 0 Å². The molecular weight excluding hydrogens is 495 g/mol. The van der Waals surface area contributed by atoms with Crippen molar-refractivity contribution in [2.45, 2.75) is 49.7 Å². The number of halogens is 4. The van der Waals surface area contributed by atoms with Crippen molar-refractivity contribution in [1.29, 1.82) is 5.26 Å². The molecule has 0 aromatic heterocycles. The van der Waals surface area contributed by atoms with Gasteiger partial charge < -0.3 is 19.7 Å². The maximum atomic E-state index is 12.7. The third-order valence-electron chi connectivity index (χ3n) is 4.56. The van der Waals surface area contributed by atoms with Crippen LogP contribution in [0.15, 0.2) is 36.4 Å². The van der Waals surface area contributed by atoms with Gasteiger partial charge in [-0.05, 0) is 49.5 Å². The van der Waals surface area contributed by atoms with E-state index in [4.69, 9.17) is 21.1 Å². The zero-order valence-electron chi connectivity index (χ0n) is 17.6. The number of nitrogens with zero attached hydrogens (tertiary/aromatic N) is 2. The minimum atomic E-state index is -4.53. The van der Waals surface area contributed by atoms with E-state index in [0.29, 0.717) is 18.0 Å². The molecule has 0 fully saturated rings. The van der Waals surface area contributed by atoms with Gasteiger partial charge in [0, 0.05) is 12.2 Å². The molecule has 2 rings (SSSR count). The van der Waals surface area contributed by atoms with E-state index in [-0.39, 0.29) is 46.0 Å². The van der Waals surface area contributed by atoms with Crippen LogP contribution in [-0.2, 0) is 11.0 Å². The molecule has 6 nitrogen and oxygen atoms in total. The normalized spacial score (nSPS) is 9.94. The number of hydrogen-bond acceptors (Lipinski definition) is 5. The summed E-state index contributed by atoms with van der Waals surface area (Å²) < 4.78 is 48.9. The first kappa shape index (κ1) is 37.6. The Balaban J connectivity index is -0.00000272. The molecule has 36 heavy (non-hydrogen) atoms. The van der Waals surface area contributed by atoms with E-state index < -0.39 is 24.3 Å². The summed E-state index contributed by atoms with van der Waals surface area (Å²) in [6.07, 6.45) is -4.53. The molecule has 0 aliphatic carbocycles. The minimum Gasteiger partial charge on any atom is -0.491 e. The largest absolute Gasteiger partial charge is 0.491 e. The second-order valence-electron chi connectivity index (χ2n) is 6.68. The van der Waals surface area contributed by atoms with Gasteiger partial charge in [0.25, 0.3) is 5.91 Å². The van der Waals surface area contributed by atoms with Gasteiger partial charge in [0.1, 0.15) is 24.2 Å². The first-order valence-corrected chi connectivity index (χ1v) is 10.2. The smallest absolute Gasteiger partial charge is 0.416 e. The van der Waals surface area contributed by atoms with Crippen molar-refractivity contribution < 1.29 is 27.4 Å². The van der Waals surface area contributed by atoms with Gasteiger partial charge in [-0.3, -0.25) is 4.79 Å². The molecule has 2 aromatic carbocycles. The van der Waals surface area contributed by atoms with Crippen LogP contribution in [0.2, 0.25) is 5.02 Å². The third-order valence-corrected chi connectivity index (χ3v) is 4.86. The van der Waals surface area contributed by atoms with E-state index >= 15 is 0 Å². The Labute approximate surface area is 219 Å². The van der Waals surface area contributed by atoms with Crippen LogP contribution in [0.4, 0.5) is 18.9 Å². The van der Waals surface area contributed by atoms with Crippen LogP contribution >= 0.6 is 11.6 Å². The number of rotatable bonds is 10. The number of carbonyl (C=O) groups excluding carboxylic acids is 1. The van der Waals surface area contributed by atoms with Crippen LogP contribution < -0.4 is 14.8 Å². The number of nitriles is 1. The average molecular weight is 534 g/mol. The maximum absolute atomic E-state index is 12.7. The molecule has 1 amide bonds. The molecule has 0 aliphatic heterocycles. The van der Waals surface area contributed by atoms with Crippen LogP contribution in [0.5, 0.6) is 11.5 Å². The molecule has 10 heteroatoms. The fourth-order valence-electron chi connectivity index (χ4n) is 2.78. The molecule has 0 spiro atoms. The van der Waals surface area contributed by atoms with Crippen LogP contribution in [0.1, 0.15) is 54.7 Å². The molecule has 0 atom stereocenters. The fourth-order valence-corrected chi connectivity index (χ4v) is 3.02. The summed E-state index contributed by atoms with van der Waals surface area (Å²) in [5.41, 5.74) is -0.304. The number of carbonyl (C=O) groups is 1. The second kappa shape index (κ2) is 17.5. The number of amides is 1. The van der Waals surface area contributed by atoms with Gasteiger partial charge >= 0.3 is 6.18 Å². The van der Waals surface area contributed by atoms with Gasteiger partial charge in [-0.1, -0.05) is 55.2 Å². The molecule has 204 valence electrons. The summed E-state index contributed by atoms with van der Waals surface area (Å²) in [5.74, 6) is -0.213. The van der Waals surface area contributed by atoms with Crippen molar-refractivity contribution in [2.24, 2.45) is 0 Å². The first-order valence-electron chi connectivity index (χ1n) is 9.86. The average Bonchev–Trinajstić information content (AvgIpc) is 2.75. The van der Waals surface area contributed by atoms with Gasteiger partial charge in [-0.2, -0.15) is 18.4 Å². The lowest BCUT2D eigenvalue weighted by Crippen LogP contribution is -2.28. The van der Waals surface area contributed by atoms with Crippen LogP contribution in [0, 0.1) is 11.3 Å². The van der Waals surface area contributed by atoms with Gasteiger partial charge in [-0.25, -0.2) is 0 Å². The number of likely N-dealkylation sites (N-methyl/N-ethyl adjacent to an activating group) is 1. The van der Waals surface area contributed by atoms with Gasteiger partial charge in [0.2, 0.25) is 0 Å². The minimum absolute atomic E-state index is 0. The van der Waals surface area contributed by atoms with Crippen molar-refractivity contribution in [3.8, 4) is 17.6 Å². The van der Waals surface area contributed by atoms with E-state index in [1.807, 2.05) is 6.07 Å². The lowest BCUT2D eigenvalue weighted by molar-refractivity contribution is -0.137. The quantitative estimate of drug-likeness (QED) is 0.342. The maximum Gasteiger partial charge on any atom is 0.416 e. The SMILES string of the molecule is C.C.C.C.CCN(CC)CCOc1ccc(NC(=O)COc2ccc(C(F)(F)F)cc2Cl)cc1C#N. The van der Waals surface area contributed by atoms with E-state index in [9.17, 15) is 23.2 Å². The highest BCUT2D eigenvalue weighted by Gasteiger charge is 2.31. The van der Waals surface area contributed by atoms with Crippen molar-refractivity contribution in [3.63, 3.8) is 0 Å². The van der Waals surface area contributed by atoms with Crippen molar-refractivity contribution in [2.75, 3.05) is 38.2 Å². The van der Waals surface area contributed by atoms with Gasteiger partial charge in [0.05, 0.1) is 16.1 Å². The summed E-state index contributed by atoms with van der Waals surface area (Å²) in [4.78, 5) is 14.3. The lowest BCUT2D eigenvalue weighted by atomic mass is 10.2. The molecule has 0 bridgehead atoms. The van der Waals surface area contributed by atoms with Crippen LogP contribution in [-0.4, -0.2) is 43.7 Å². The molecule has 0 heterocycles. The second-order valence-corrected chi connectivity index (χ2v) is 7.09. The highest BCUT2D eigenvalue weighted by molar-refractivity contribution is 6.32. The van der Waals surface area contributed by atoms with Crippen molar-refractivity contribution in [3.05, 3.63) is 52.5 Å². The van der Waals surface area contributed by atoms with E-state index in [1.165, 1.54) is 6.07 Å². The Morgan fingerprint density at radius 2 is 1.64 bits per heavy atom. The summed E-state index contributed by atoms with van der Waals surface area (Å²) in [6.45, 7) is 6.57. The molecule has 0 saturated carbocycles. The zero-order chi connectivity index (χ0) is 23.7. The zero-order valence-corrected chi connectivity index (χ0v) is 18.4. The Morgan fingerprint density at radius 1 is 1.03 bits per heavy atom. The highest BCUT2D eigenvalue weighted by atomic mass is 35.5. The van der Waals surface area contributed by atoms with E-state index in [2.05, 4.69) is 24.1 Å². The number of anilines is 1. The number of alkyl halides is 3. The molecular formula is C26H39ClF3N3O3. The summed E-state index contributed by atoms with van der Waals surface area (Å²) >= 11 is 5.81. The summed E-state index contributed by atoms with van der Waals surface area (Å²) in [6, 6.07) is 9.26. The molecule has 1 N–H and O–H groups in total. The standard InChI is InChI=1S/C22H23ClF3N3O3.4CH4/c1-3-29(4-2)9-10-31-19-8-6-17(11-15(19)13-27)28-21(30)14-32-20-7-5-16(12-18(20)23)22(24,25)26;;;;/h5-8,11-12H,3-4,9-10,14H2,1-2H3,(H,28,30);4*1H4. The van der Waals surface area contributed by atoms with Crippen LogP contribution in [0.25, 0.3) is 0 Å². The van der Waals surface area contributed by atoms with Crippen molar-refractivity contribution >= 4 is 23.2 Å². The number of benzene rings is 2. The molecule has 2 aromatic rings. The molecule has 0 saturated heterocycles. The molecule has 0 aliphatic rings. The number of ether oxygens (including phenoxy) is 2.